The summed E-state index contributed by atoms with van der Waals surface area (Å²) in [6.45, 7) is 2.20. The Labute approximate surface area is 150 Å². The topological polar surface area (TPSA) is 115 Å². The minimum absolute atomic E-state index is 0.0520. The molecular formula is C18H18N4O4. The number of fused-ring (bicyclic) bond motifs is 2. The lowest BCUT2D eigenvalue weighted by molar-refractivity contribution is 0.171. The van der Waals surface area contributed by atoms with Gasteiger partial charge in [-0.3, -0.25) is 5.10 Å². The molecule has 1 unspecified atom stereocenters. The summed E-state index contributed by atoms with van der Waals surface area (Å²) in [5, 5.41) is 16.9. The number of nitrogens with one attached hydrogen (secondary N) is 1. The fourth-order valence-corrected chi connectivity index (χ4v) is 3.40. The van der Waals surface area contributed by atoms with Gasteiger partial charge in [-0.05, 0) is 24.1 Å². The number of benzene rings is 1. The SMILES string of the molecule is CCCc1[nH]nc2c1C(c1cc(OC)c3c(c1)OCO3)C(C#N)=C(N)O2. The molecule has 3 N–H and O–H groups in total. The van der Waals surface area contributed by atoms with E-state index in [1.165, 1.54) is 0 Å². The summed E-state index contributed by atoms with van der Waals surface area (Å²) < 4.78 is 22.0. The van der Waals surface area contributed by atoms with E-state index in [0.29, 0.717) is 28.7 Å². The van der Waals surface area contributed by atoms with Crippen molar-refractivity contribution in [3.63, 3.8) is 0 Å². The van der Waals surface area contributed by atoms with Crippen LogP contribution in [0.2, 0.25) is 0 Å². The minimum Gasteiger partial charge on any atom is -0.493 e. The molecule has 2 aliphatic rings. The highest BCUT2D eigenvalue weighted by Gasteiger charge is 2.36. The Morgan fingerprint density at radius 3 is 3.00 bits per heavy atom. The first kappa shape index (κ1) is 16.1. The number of aromatic nitrogens is 2. The van der Waals surface area contributed by atoms with Crippen LogP contribution in [0.15, 0.2) is 23.6 Å². The van der Waals surface area contributed by atoms with Gasteiger partial charge in [-0.2, -0.15) is 5.26 Å². The number of H-pyrrole nitrogens is 1. The van der Waals surface area contributed by atoms with Gasteiger partial charge in [0.2, 0.25) is 24.3 Å². The normalized spacial score (nSPS) is 17.5. The van der Waals surface area contributed by atoms with Gasteiger partial charge in [0.05, 0.1) is 13.0 Å². The van der Waals surface area contributed by atoms with Crippen molar-refractivity contribution >= 4 is 0 Å². The number of aromatic amines is 1. The fraction of sp³-hybridized carbons (Fsp3) is 0.333. The third-order valence-electron chi connectivity index (χ3n) is 4.53. The van der Waals surface area contributed by atoms with E-state index in [1.807, 2.05) is 12.1 Å². The second kappa shape index (κ2) is 6.19. The quantitative estimate of drug-likeness (QED) is 0.865. The maximum absolute atomic E-state index is 9.71. The zero-order chi connectivity index (χ0) is 18.3. The second-order valence-electron chi connectivity index (χ2n) is 6.05. The first-order valence-corrected chi connectivity index (χ1v) is 8.30. The highest BCUT2D eigenvalue weighted by atomic mass is 16.7. The van der Waals surface area contributed by atoms with Crippen LogP contribution in [0.5, 0.6) is 23.1 Å². The first-order chi connectivity index (χ1) is 12.7. The Kier molecular flexibility index (Phi) is 3.84. The summed E-state index contributed by atoms with van der Waals surface area (Å²) in [7, 11) is 1.56. The third kappa shape index (κ3) is 2.32. The highest BCUT2D eigenvalue weighted by molar-refractivity contribution is 5.61. The van der Waals surface area contributed by atoms with Crippen molar-refractivity contribution in [3.05, 3.63) is 40.4 Å². The molecule has 1 aromatic carbocycles. The average molecular weight is 354 g/mol. The molecule has 1 atom stereocenters. The van der Waals surface area contributed by atoms with Gasteiger partial charge in [-0.15, -0.1) is 5.10 Å². The molecule has 0 spiro atoms. The van der Waals surface area contributed by atoms with Crippen molar-refractivity contribution in [2.75, 3.05) is 13.9 Å². The Hall–Kier alpha value is -3.34. The smallest absolute Gasteiger partial charge is 0.244 e. The minimum atomic E-state index is -0.424. The van der Waals surface area contributed by atoms with E-state index in [1.54, 1.807) is 7.11 Å². The standard InChI is InChI=1S/C18H18N4O4/c1-3-4-11-15-14(10(7-19)17(20)26-18(15)22-21-11)9-5-12(23-2)16-13(6-9)24-8-25-16/h5-6,14H,3-4,8,20H2,1-2H3,(H,21,22). The number of allylic oxidation sites excluding steroid dienone is 1. The summed E-state index contributed by atoms with van der Waals surface area (Å²) in [5.41, 5.74) is 8.86. The molecule has 4 rings (SSSR count). The van der Waals surface area contributed by atoms with Crippen molar-refractivity contribution in [2.45, 2.75) is 25.7 Å². The molecule has 0 saturated heterocycles. The van der Waals surface area contributed by atoms with Crippen LogP contribution in [0.3, 0.4) is 0 Å². The van der Waals surface area contributed by atoms with E-state index in [9.17, 15) is 5.26 Å². The number of hydrogen-bond acceptors (Lipinski definition) is 7. The lowest BCUT2D eigenvalue weighted by Gasteiger charge is -2.24. The van der Waals surface area contributed by atoms with Gasteiger partial charge in [0.25, 0.3) is 0 Å². The number of aryl methyl sites for hydroxylation is 1. The number of rotatable bonds is 4. The predicted molar refractivity (Wildman–Crippen MR) is 91.0 cm³/mol. The summed E-state index contributed by atoms with van der Waals surface area (Å²) in [5.74, 6) is 1.69. The second-order valence-corrected chi connectivity index (χ2v) is 6.05. The van der Waals surface area contributed by atoms with E-state index < -0.39 is 5.92 Å². The van der Waals surface area contributed by atoms with Crippen LogP contribution < -0.4 is 24.7 Å². The van der Waals surface area contributed by atoms with Crippen LogP contribution in [0.4, 0.5) is 0 Å². The van der Waals surface area contributed by atoms with Gasteiger partial charge in [0.1, 0.15) is 11.6 Å². The third-order valence-corrected chi connectivity index (χ3v) is 4.53. The zero-order valence-electron chi connectivity index (χ0n) is 14.5. The summed E-state index contributed by atoms with van der Waals surface area (Å²) in [6.07, 6.45) is 1.70. The van der Waals surface area contributed by atoms with E-state index in [0.717, 1.165) is 29.7 Å². The molecule has 2 aliphatic heterocycles. The van der Waals surface area contributed by atoms with Crippen LogP contribution >= 0.6 is 0 Å². The summed E-state index contributed by atoms with van der Waals surface area (Å²) in [4.78, 5) is 0. The summed E-state index contributed by atoms with van der Waals surface area (Å²) >= 11 is 0. The molecule has 3 heterocycles. The molecule has 2 aromatic rings. The fourth-order valence-electron chi connectivity index (χ4n) is 3.40. The van der Waals surface area contributed by atoms with Crippen LogP contribution in [0.1, 0.15) is 36.1 Å². The molecule has 0 aliphatic carbocycles. The first-order valence-electron chi connectivity index (χ1n) is 8.30. The number of hydrogen-bond donors (Lipinski definition) is 2. The van der Waals surface area contributed by atoms with Crippen LogP contribution in [-0.2, 0) is 6.42 Å². The largest absolute Gasteiger partial charge is 0.493 e. The van der Waals surface area contributed by atoms with Crippen LogP contribution in [0.25, 0.3) is 0 Å². The van der Waals surface area contributed by atoms with E-state index in [-0.39, 0.29) is 12.7 Å². The average Bonchev–Trinajstić information content (AvgIpc) is 3.27. The predicted octanol–water partition coefficient (Wildman–Crippen LogP) is 2.32. The maximum atomic E-state index is 9.71. The number of methoxy groups -OCH3 is 1. The molecule has 8 heteroatoms. The molecule has 0 saturated carbocycles. The Morgan fingerprint density at radius 1 is 1.42 bits per heavy atom. The molecule has 0 amide bonds. The monoisotopic (exact) mass is 354 g/mol. The molecule has 0 fully saturated rings. The zero-order valence-corrected chi connectivity index (χ0v) is 14.5. The van der Waals surface area contributed by atoms with Crippen molar-refractivity contribution in [3.8, 4) is 29.2 Å². The summed E-state index contributed by atoms with van der Waals surface area (Å²) in [6, 6.07) is 5.86. The van der Waals surface area contributed by atoms with E-state index in [4.69, 9.17) is 24.7 Å². The Bertz CT molecular complexity index is 941. The number of ether oxygens (including phenoxy) is 4. The number of nitriles is 1. The number of nitrogens with two attached hydrogens (primary N) is 1. The van der Waals surface area contributed by atoms with Gasteiger partial charge in [-0.1, -0.05) is 13.3 Å². The Balaban J connectivity index is 1.93. The van der Waals surface area contributed by atoms with Gasteiger partial charge >= 0.3 is 0 Å². The molecule has 0 bridgehead atoms. The lowest BCUT2D eigenvalue weighted by Crippen LogP contribution is -2.21. The van der Waals surface area contributed by atoms with E-state index in [2.05, 4.69) is 23.2 Å². The van der Waals surface area contributed by atoms with Crippen molar-refractivity contribution in [1.82, 2.24) is 10.2 Å². The van der Waals surface area contributed by atoms with Gasteiger partial charge < -0.3 is 24.7 Å². The molecule has 8 nitrogen and oxygen atoms in total. The van der Waals surface area contributed by atoms with Gasteiger partial charge in [-0.25, -0.2) is 0 Å². The molecule has 26 heavy (non-hydrogen) atoms. The molecule has 0 radical (unpaired) electrons. The Morgan fingerprint density at radius 2 is 2.27 bits per heavy atom. The van der Waals surface area contributed by atoms with Gasteiger partial charge in [0.15, 0.2) is 11.5 Å². The molecular weight excluding hydrogens is 336 g/mol. The van der Waals surface area contributed by atoms with Crippen LogP contribution in [0, 0.1) is 11.3 Å². The lowest BCUT2D eigenvalue weighted by atomic mass is 9.83. The van der Waals surface area contributed by atoms with Crippen molar-refractivity contribution in [2.24, 2.45) is 5.73 Å². The number of nitrogens with zero attached hydrogens (tertiary/aromatic N) is 2. The van der Waals surface area contributed by atoms with Crippen LogP contribution in [-0.4, -0.2) is 24.1 Å². The molecule has 1 aromatic heterocycles. The highest BCUT2D eigenvalue weighted by Crippen LogP contribution is 2.48. The molecule has 134 valence electrons. The van der Waals surface area contributed by atoms with Crippen molar-refractivity contribution < 1.29 is 18.9 Å². The maximum Gasteiger partial charge on any atom is 0.244 e. The van der Waals surface area contributed by atoms with Gasteiger partial charge in [0, 0.05) is 11.3 Å². The van der Waals surface area contributed by atoms with E-state index >= 15 is 0 Å². The van der Waals surface area contributed by atoms with Crippen molar-refractivity contribution in [1.29, 1.82) is 5.26 Å².